The van der Waals surface area contributed by atoms with Crippen molar-refractivity contribution in [2.45, 2.75) is 45.1 Å². The van der Waals surface area contributed by atoms with E-state index in [9.17, 15) is 0 Å². The molecule has 0 spiro atoms. The van der Waals surface area contributed by atoms with E-state index in [1.165, 1.54) is 25.7 Å². The fourth-order valence-corrected chi connectivity index (χ4v) is 3.88. The van der Waals surface area contributed by atoms with E-state index in [1.807, 2.05) is 12.1 Å². The number of benzene rings is 1. The predicted octanol–water partition coefficient (Wildman–Crippen LogP) is 5.22. The lowest BCUT2D eigenvalue weighted by Crippen LogP contribution is -2.17. The quantitative estimate of drug-likeness (QED) is 0.708. The number of para-hydroxylation sites is 1. The van der Waals surface area contributed by atoms with E-state index in [-0.39, 0.29) is 0 Å². The van der Waals surface area contributed by atoms with Gasteiger partial charge in [0.2, 0.25) is 0 Å². The van der Waals surface area contributed by atoms with Gasteiger partial charge in [-0.1, -0.05) is 30.5 Å². The molecule has 4 heteroatoms. The summed E-state index contributed by atoms with van der Waals surface area (Å²) in [7, 11) is 0. The molecule has 3 rings (SSSR count). The number of rotatable bonds is 4. The lowest BCUT2D eigenvalue weighted by Gasteiger charge is -2.23. The minimum absolute atomic E-state index is 0.471. The van der Waals surface area contributed by atoms with Crippen LogP contribution in [0.1, 0.15) is 44.5 Å². The molecule has 2 aromatic rings. The molecule has 1 unspecified atom stereocenters. The van der Waals surface area contributed by atoms with Crippen molar-refractivity contribution in [3.63, 3.8) is 0 Å². The van der Waals surface area contributed by atoms with Gasteiger partial charge in [0.15, 0.2) is 0 Å². The van der Waals surface area contributed by atoms with Crippen LogP contribution in [0, 0.1) is 5.92 Å². The number of alkyl halides is 1. The van der Waals surface area contributed by atoms with Crippen molar-refractivity contribution in [2.75, 3.05) is 5.88 Å². The fourth-order valence-electron chi connectivity index (χ4n) is 3.50. The lowest BCUT2D eigenvalue weighted by molar-refractivity contribution is 0.360. The third-order valence-electron chi connectivity index (χ3n) is 4.55. The zero-order valence-electron chi connectivity index (χ0n) is 11.8. The zero-order valence-corrected chi connectivity index (χ0v) is 13.3. The smallest absolute Gasteiger partial charge is 0.111 e. The Bertz CT molecular complexity index is 600. The van der Waals surface area contributed by atoms with Gasteiger partial charge in [-0.15, -0.1) is 11.6 Å². The van der Waals surface area contributed by atoms with E-state index in [1.54, 1.807) is 0 Å². The number of halogens is 2. The average Bonchev–Trinajstić information content (AvgIpc) is 3.06. The summed E-state index contributed by atoms with van der Waals surface area (Å²) in [5, 5.41) is 0.732. The topological polar surface area (TPSA) is 17.8 Å². The highest BCUT2D eigenvalue weighted by Gasteiger charge is 2.26. The summed E-state index contributed by atoms with van der Waals surface area (Å²) < 4.78 is 2.37. The van der Waals surface area contributed by atoms with Crippen LogP contribution >= 0.6 is 23.2 Å². The van der Waals surface area contributed by atoms with Gasteiger partial charge in [-0.25, -0.2) is 4.98 Å². The van der Waals surface area contributed by atoms with Gasteiger partial charge in [-0.05, 0) is 37.8 Å². The summed E-state index contributed by atoms with van der Waals surface area (Å²) in [6.07, 6.45) is 6.15. The summed E-state index contributed by atoms with van der Waals surface area (Å²) in [5.74, 6) is 2.42. The van der Waals surface area contributed by atoms with Crippen LogP contribution in [-0.4, -0.2) is 15.4 Å². The molecule has 1 aliphatic rings. The molecule has 0 bridgehead atoms. The largest absolute Gasteiger partial charge is 0.325 e. The SMILES string of the molecule is CC(C1CCCC1)n1c(CCCl)nc2c(Cl)cccc21. The molecule has 1 aliphatic carbocycles. The summed E-state index contributed by atoms with van der Waals surface area (Å²) in [6, 6.07) is 6.51. The van der Waals surface area contributed by atoms with E-state index >= 15 is 0 Å². The molecule has 1 fully saturated rings. The van der Waals surface area contributed by atoms with E-state index in [2.05, 4.69) is 17.6 Å². The Balaban J connectivity index is 2.10. The summed E-state index contributed by atoms with van der Waals surface area (Å²) in [4.78, 5) is 4.74. The van der Waals surface area contributed by atoms with Crippen LogP contribution in [0.5, 0.6) is 0 Å². The monoisotopic (exact) mass is 310 g/mol. The molecule has 1 atom stereocenters. The maximum atomic E-state index is 6.30. The van der Waals surface area contributed by atoms with Crippen molar-refractivity contribution in [2.24, 2.45) is 5.92 Å². The molecule has 2 nitrogen and oxygen atoms in total. The van der Waals surface area contributed by atoms with E-state index < -0.39 is 0 Å². The van der Waals surface area contributed by atoms with Crippen LogP contribution < -0.4 is 0 Å². The third kappa shape index (κ3) is 2.44. The summed E-state index contributed by atoms with van der Waals surface area (Å²) in [5.41, 5.74) is 2.07. The van der Waals surface area contributed by atoms with Crippen molar-refractivity contribution < 1.29 is 0 Å². The van der Waals surface area contributed by atoms with Gasteiger partial charge < -0.3 is 4.57 Å². The molecule has 1 aromatic heterocycles. The second-order valence-electron chi connectivity index (χ2n) is 5.73. The van der Waals surface area contributed by atoms with Gasteiger partial charge >= 0.3 is 0 Å². The molecule has 1 saturated carbocycles. The molecule has 0 N–H and O–H groups in total. The van der Waals surface area contributed by atoms with Crippen molar-refractivity contribution in [1.82, 2.24) is 9.55 Å². The number of fused-ring (bicyclic) bond motifs is 1. The number of hydrogen-bond donors (Lipinski definition) is 0. The normalized spacial score (nSPS) is 17.9. The molecular weight excluding hydrogens is 291 g/mol. The molecule has 0 amide bonds. The standard InChI is InChI=1S/C16H20Cl2N2/c1-11(12-5-2-3-6-12)20-14-8-4-7-13(18)16(14)19-15(20)9-10-17/h4,7-8,11-12H,2-3,5-6,9-10H2,1H3. The molecule has 0 saturated heterocycles. The number of aryl methyl sites for hydroxylation is 1. The molecular formula is C16H20Cl2N2. The van der Waals surface area contributed by atoms with Gasteiger partial charge in [0.1, 0.15) is 11.3 Å². The van der Waals surface area contributed by atoms with Crippen LogP contribution in [0.25, 0.3) is 11.0 Å². The maximum absolute atomic E-state index is 6.30. The Morgan fingerprint density at radius 1 is 1.35 bits per heavy atom. The van der Waals surface area contributed by atoms with Gasteiger partial charge in [0.05, 0.1) is 10.5 Å². The molecule has 108 valence electrons. The predicted molar refractivity (Wildman–Crippen MR) is 85.8 cm³/mol. The highest BCUT2D eigenvalue weighted by Crippen LogP contribution is 2.37. The molecule has 1 heterocycles. The van der Waals surface area contributed by atoms with Crippen molar-refractivity contribution >= 4 is 34.2 Å². The van der Waals surface area contributed by atoms with Crippen LogP contribution in [0.3, 0.4) is 0 Å². The van der Waals surface area contributed by atoms with E-state index in [4.69, 9.17) is 28.2 Å². The van der Waals surface area contributed by atoms with Gasteiger partial charge in [-0.3, -0.25) is 0 Å². The second kappa shape index (κ2) is 5.95. The van der Waals surface area contributed by atoms with Gasteiger partial charge in [-0.2, -0.15) is 0 Å². The second-order valence-corrected chi connectivity index (χ2v) is 6.51. The first-order valence-electron chi connectivity index (χ1n) is 7.43. The van der Waals surface area contributed by atoms with Crippen molar-refractivity contribution in [1.29, 1.82) is 0 Å². The Morgan fingerprint density at radius 2 is 2.10 bits per heavy atom. The maximum Gasteiger partial charge on any atom is 0.111 e. The van der Waals surface area contributed by atoms with Crippen LogP contribution in [0.15, 0.2) is 18.2 Å². The van der Waals surface area contributed by atoms with E-state index in [0.717, 1.165) is 34.2 Å². The first kappa shape index (κ1) is 14.2. The fraction of sp³-hybridized carbons (Fsp3) is 0.562. The number of hydrogen-bond acceptors (Lipinski definition) is 1. The first-order valence-corrected chi connectivity index (χ1v) is 8.35. The van der Waals surface area contributed by atoms with Crippen LogP contribution in [-0.2, 0) is 6.42 Å². The molecule has 0 aliphatic heterocycles. The Kier molecular flexibility index (Phi) is 4.23. The number of imidazole rings is 1. The Hall–Kier alpha value is -0.730. The summed E-state index contributed by atoms with van der Waals surface area (Å²) in [6.45, 7) is 2.32. The van der Waals surface area contributed by atoms with Gasteiger partial charge in [0, 0.05) is 18.3 Å². The summed E-state index contributed by atoms with van der Waals surface area (Å²) >= 11 is 12.3. The van der Waals surface area contributed by atoms with E-state index in [0.29, 0.717) is 11.9 Å². The molecule has 0 radical (unpaired) electrons. The number of aromatic nitrogens is 2. The number of nitrogens with zero attached hydrogens (tertiary/aromatic N) is 2. The zero-order chi connectivity index (χ0) is 14.1. The highest BCUT2D eigenvalue weighted by molar-refractivity contribution is 6.34. The molecule has 1 aromatic carbocycles. The van der Waals surface area contributed by atoms with Crippen LogP contribution in [0.2, 0.25) is 5.02 Å². The first-order chi connectivity index (χ1) is 9.72. The van der Waals surface area contributed by atoms with Gasteiger partial charge in [0.25, 0.3) is 0 Å². The highest BCUT2D eigenvalue weighted by atomic mass is 35.5. The van der Waals surface area contributed by atoms with Crippen LogP contribution in [0.4, 0.5) is 0 Å². The average molecular weight is 311 g/mol. The molecule has 20 heavy (non-hydrogen) atoms. The Labute approximate surface area is 130 Å². The lowest BCUT2D eigenvalue weighted by atomic mass is 9.99. The van der Waals surface area contributed by atoms with Crippen molar-refractivity contribution in [3.8, 4) is 0 Å². The van der Waals surface area contributed by atoms with Crippen molar-refractivity contribution in [3.05, 3.63) is 29.0 Å². The third-order valence-corrected chi connectivity index (χ3v) is 5.05. The minimum Gasteiger partial charge on any atom is -0.325 e. The Morgan fingerprint density at radius 3 is 2.80 bits per heavy atom. The minimum atomic E-state index is 0.471.